The summed E-state index contributed by atoms with van der Waals surface area (Å²) in [5.41, 5.74) is -0.643. The van der Waals surface area contributed by atoms with Crippen LogP contribution in [0.25, 0.3) is 10.1 Å². The van der Waals surface area contributed by atoms with Gasteiger partial charge in [-0.3, -0.25) is 14.9 Å². The highest BCUT2D eigenvalue weighted by molar-refractivity contribution is 7.20. The van der Waals surface area contributed by atoms with Gasteiger partial charge in [-0.15, -0.1) is 11.3 Å². The van der Waals surface area contributed by atoms with Crippen molar-refractivity contribution in [1.82, 2.24) is 4.90 Å². The first-order valence-electron chi connectivity index (χ1n) is 6.56. The number of thiophene rings is 1. The van der Waals surface area contributed by atoms with Crippen molar-refractivity contribution in [2.45, 2.75) is 6.10 Å². The summed E-state index contributed by atoms with van der Waals surface area (Å²) in [6, 6.07) is 1.22. The second-order valence-electron chi connectivity index (χ2n) is 4.96. The first kappa shape index (κ1) is 15.8. The number of morpholine rings is 1. The summed E-state index contributed by atoms with van der Waals surface area (Å²) in [5, 5.41) is 30.8. The monoisotopic (exact) mass is 358 g/mol. The third-order valence-electron chi connectivity index (χ3n) is 3.60. The smallest absolute Gasteiger partial charge is 0.324 e. The van der Waals surface area contributed by atoms with Gasteiger partial charge in [0, 0.05) is 17.3 Å². The molecule has 2 N–H and O–H groups in total. The Labute approximate surface area is 138 Å². The third kappa shape index (κ3) is 2.56. The van der Waals surface area contributed by atoms with Crippen molar-refractivity contribution in [3.05, 3.63) is 26.1 Å². The summed E-state index contributed by atoms with van der Waals surface area (Å²) in [6.45, 7) is 1.07. The minimum Gasteiger partial charge on any atom is -0.504 e. The maximum atomic E-state index is 11.2. The van der Waals surface area contributed by atoms with Crippen molar-refractivity contribution in [1.29, 1.82) is 0 Å². The van der Waals surface area contributed by atoms with Gasteiger partial charge < -0.3 is 19.8 Å². The number of hydrogen-bond acceptors (Lipinski definition) is 7. The zero-order valence-corrected chi connectivity index (χ0v) is 13.1. The molecule has 1 unspecified atom stereocenters. The highest BCUT2D eigenvalue weighted by Gasteiger charge is 2.31. The molecule has 1 aliphatic rings. The zero-order chi connectivity index (χ0) is 16.7. The van der Waals surface area contributed by atoms with Crippen LogP contribution in [-0.2, 0) is 9.53 Å². The Balaban J connectivity index is 2.17. The topological polar surface area (TPSA) is 113 Å². The van der Waals surface area contributed by atoms with E-state index in [0.717, 1.165) is 11.3 Å². The molecule has 0 spiro atoms. The molecule has 10 heteroatoms. The number of halogens is 1. The lowest BCUT2D eigenvalue weighted by Crippen LogP contribution is -2.37. The number of aromatic hydroxyl groups is 2. The van der Waals surface area contributed by atoms with Crippen molar-refractivity contribution < 1.29 is 24.7 Å². The van der Waals surface area contributed by atoms with E-state index in [0.29, 0.717) is 29.1 Å². The van der Waals surface area contributed by atoms with Gasteiger partial charge in [-0.2, -0.15) is 0 Å². The molecule has 0 bridgehead atoms. The maximum Gasteiger partial charge on any atom is 0.324 e. The predicted molar refractivity (Wildman–Crippen MR) is 83.1 cm³/mol. The van der Waals surface area contributed by atoms with Crippen LogP contribution >= 0.6 is 22.9 Å². The van der Waals surface area contributed by atoms with Crippen molar-refractivity contribution in [3.8, 4) is 11.5 Å². The molecule has 1 aromatic heterocycles. The molecule has 2 heterocycles. The molecule has 1 atom stereocenters. The van der Waals surface area contributed by atoms with E-state index in [2.05, 4.69) is 0 Å². The Hall–Kier alpha value is -2.10. The van der Waals surface area contributed by atoms with Crippen molar-refractivity contribution in [2.75, 3.05) is 19.7 Å². The zero-order valence-electron chi connectivity index (χ0n) is 11.6. The van der Waals surface area contributed by atoms with Crippen LogP contribution < -0.4 is 0 Å². The van der Waals surface area contributed by atoms with Gasteiger partial charge in [0.2, 0.25) is 12.2 Å². The quantitative estimate of drug-likeness (QED) is 0.377. The molecular weight excluding hydrogens is 348 g/mol. The van der Waals surface area contributed by atoms with Crippen LogP contribution in [0.5, 0.6) is 11.5 Å². The van der Waals surface area contributed by atoms with Crippen LogP contribution in [0.2, 0.25) is 5.02 Å². The molecule has 1 fully saturated rings. The van der Waals surface area contributed by atoms with E-state index in [-0.39, 0.29) is 17.0 Å². The summed E-state index contributed by atoms with van der Waals surface area (Å²) in [7, 11) is 0. The number of hydrogen-bond donors (Lipinski definition) is 2. The number of amides is 1. The van der Waals surface area contributed by atoms with E-state index in [1.54, 1.807) is 0 Å². The van der Waals surface area contributed by atoms with E-state index in [1.807, 2.05) is 0 Å². The fraction of sp³-hybridized carbons (Fsp3) is 0.308. The Morgan fingerprint density at radius 2 is 2.26 bits per heavy atom. The molecule has 0 aliphatic carbocycles. The van der Waals surface area contributed by atoms with Gasteiger partial charge >= 0.3 is 5.69 Å². The highest BCUT2D eigenvalue weighted by atomic mass is 35.5. The number of benzene rings is 1. The molecule has 8 nitrogen and oxygen atoms in total. The van der Waals surface area contributed by atoms with Crippen LogP contribution in [-0.4, -0.2) is 46.1 Å². The fourth-order valence-corrected chi connectivity index (χ4v) is 4.17. The van der Waals surface area contributed by atoms with Crippen LogP contribution in [0.4, 0.5) is 5.69 Å². The van der Waals surface area contributed by atoms with Gasteiger partial charge in [0.05, 0.1) is 33.4 Å². The summed E-state index contributed by atoms with van der Waals surface area (Å²) in [4.78, 5) is 23.4. The molecular formula is C13H11ClN2O6S. The van der Waals surface area contributed by atoms with Gasteiger partial charge in [0.15, 0.2) is 5.75 Å². The lowest BCUT2D eigenvalue weighted by Gasteiger charge is -2.29. The summed E-state index contributed by atoms with van der Waals surface area (Å²) in [6.07, 6.45) is 0.194. The SMILES string of the molecule is O=CN1CCOC(c2sc3cc(O)c(O)c([N+](=O)[O-])c3c2Cl)C1. The number of nitro groups is 1. The largest absolute Gasteiger partial charge is 0.504 e. The molecule has 0 saturated carbocycles. The summed E-state index contributed by atoms with van der Waals surface area (Å²) < 4.78 is 5.96. The fourth-order valence-electron chi connectivity index (χ4n) is 2.51. The number of ether oxygens (including phenoxy) is 1. The minimum absolute atomic E-state index is 0.0544. The average Bonchev–Trinajstić information content (AvgIpc) is 2.85. The van der Waals surface area contributed by atoms with E-state index in [1.165, 1.54) is 11.0 Å². The second-order valence-corrected chi connectivity index (χ2v) is 6.42. The standard InChI is InChI=1S/C13H11ClN2O6S/c14-10-9-8(3-6(18)12(19)11(9)16(20)21)23-13(10)7-4-15(5-17)1-2-22-7/h3,5,7,18-19H,1-2,4H2. The van der Waals surface area contributed by atoms with Crippen LogP contribution in [0.15, 0.2) is 6.07 Å². The second kappa shape index (κ2) is 5.84. The Morgan fingerprint density at radius 3 is 2.91 bits per heavy atom. The van der Waals surface area contributed by atoms with E-state index in [4.69, 9.17) is 16.3 Å². The molecule has 1 aromatic carbocycles. The van der Waals surface area contributed by atoms with Crippen molar-refractivity contribution in [2.24, 2.45) is 0 Å². The molecule has 122 valence electrons. The van der Waals surface area contributed by atoms with Crippen molar-refractivity contribution in [3.63, 3.8) is 0 Å². The van der Waals surface area contributed by atoms with Crippen LogP contribution in [0, 0.1) is 10.1 Å². The Bertz CT molecular complexity index is 808. The molecule has 3 rings (SSSR count). The average molecular weight is 359 g/mol. The van der Waals surface area contributed by atoms with E-state index in [9.17, 15) is 25.1 Å². The van der Waals surface area contributed by atoms with E-state index >= 15 is 0 Å². The summed E-state index contributed by atoms with van der Waals surface area (Å²) in [5.74, 6) is -1.42. The first-order chi connectivity index (χ1) is 10.9. The number of carbonyl (C=O) groups is 1. The first-order valence-corrected chi connectivity index (χ1v) is 7.75. The number of carbonyl (C=O) groups excluding carboxylic acids is 1. The molecule has 1 aliphatic heterocycles. The number of nitro benzene ring substituents is 1. The van der Waals surface area contributed by atoms with E-state index < -0.39 is 28.2 Å². The van der Waals surface area contributed by atoms with Gasteiger partial charge in [0.1, 0.15) is 6.10 Å². The number of fused-ring (bicyclic) bond motifs is 1. The van der Waals surface area contributed by atoms with Gasteiger partial charge in [-0.05, 0) is 0 Å². The van der Waals surface area contributed by atoms with Gasteiger partial charge in [-0.25, -0.2) is 0 Å². The molecule has 1 amide bonds. The van der Waals surface area contributed by atoms with Gasteiger partial charge in [-0.1, -0.05) is 11.6 Å². The number of phenolic OH excluding ortho intramolecular Hbond substituents is 2. The number of nitrogens with zero attached hydrogens (tertiary/aromatic N) is 2. The lowest BCUT2D eigenvalue weighted by atomic mass is 10.1. The lowest BCUT2D eigenvalue weighted by molar-refractivity contribution is -0.384. The van der Waals surface area contributed by atoms with Crippen LogP contribution in [0.1, 0.15) is 11.0 Å². The maximum absolute atomic E-state index is 11.2. The summed E-state index contributed by atoms with van der Waals surface area (Å²) >= 11 is 7.40. The molecule has 0 radical (unpaired) electrons. The Kier molecular flexibility index (Phi) is 4.00. The molecule has 1 saturated heterocycles. The van der Waals surface area contributed by atoms with Crippen LogP contribution in [0.3, 0.4) is 0 Å². The minimum atomic E-state index is -0.826. The van der Waals surface area contributed by atoms with Crippen molar-refractivity contribution >= 4 is 45.1 Å². The third-order valence-corrected chi connectivity index (χ3v) is 5.33. The molecule has 2 aromatic rings. The molecule has 23 heavy (non-hydrogen) atoms. The number of phenols is 2. The predicted octanol–water partition coefficient (Wildman–Crippen LogP) is 2.40. The Morgan fingerprint density at radius 1 is 1.52 bits per heavy atom. The normalized spacial score (nSPS) is 18.3. The van der Waals surface area contributed by atoms with Gasteiger partial charge in [0.25, 0.3) is 0 Å². The highest BCUT2D eigenvalue weighted by Crippen LogP contribution is 2.50. The number of rotatable bonds is 3.